The van der Waals surface area contributed by atoms with E-state index >= 15 is 0 Å². The van der Waals surface area contributed by atoms with E-state index in [1.165, 1.54) is 0 Å². The summed E-state index contributed by atoms with van der Waals surface area (Å²) in [6, 6.07) is 60.9. The van der Waals surface area contributed by atoms with E-state index in [4.69, 9.17) is 63.4 Å². The Labute approximate surface area is 539 Å². The first-order valence-corrected chi connectivity index (χ1v) is 34.6. The average molecular weight is 1290 g/mol. The summed E-state index contributed by atoms with van der Waals surface area (Å²) in [5.74, 6) is 6.65. The smallest absolute Gasteiger partial charge is 0.488 e. The first-order chi connectivity index (χ1) is 44.0. The van der Waals surface area contributed by atoms with Crippen molar-refractivity contribution in [1.82, 2.24) is 0 Å². The van der Waals surface area contributed by atoms with Gasteiger partial charge in [-0.2, -0.15) is 0 Å². The number of aliphatic hydroxyl groups is 3. The normalized spacial score (nSPS) is 20.7. The summed E-state index contributed by atoms with van der Waals surface area (Å²) in [7, 11) is 2.70. The molecule has 3 aliphatic carbocycles. The summed E-state index contributed by atoms with van der Waals surface area (Å²) in [4.78, 5) is 10.8. The summed E-state index contributed by atoms with van der Waals surface area (Å²) in [5, 5.41) is 27.1. The summed E-state index contributed by atoms with van der Waals surface area (Å²) < 4.78 is 61.7. The molecule has 7 aromatic rings. The van der Waals surface area contributed by atoms with Gasteiger partial charge in [-0.1, -0.05) is 127 Å². The van der Waals surface area contributed by atoms with Crippen molar-refractivity contribution in [3.63, 3.8) is 0 Å². The molecule has 4 aliphatic rings. The zero-order chi connectivity index (χ0) is 63.6. The van der Waals surface area contributed by atoms with Crippen LogP contribution in [0.2, 0.25) is 0 Å². The molecule has 3 N–H and O–H groups in total. The molecule has 2 unspecified atom stereocenters. The van der Waals surface area contributed by atoms with Crippen molar-refractivity contribution < 1.29 is 66.8 Å². The Kier molecular flexibility index (Phi) is 28.2. The molecule has 1 aliphatic heterocycles. The molecule has 3 saturated carbocycles. The topological polar surface area (TPSA) is 184 Å². The van der Waals surface area contributed by atoms with Gasteiger partial charge in [0.15, 0.2) is 0 Å². The van der Waals surface area contributed by atoms with Crippen molar-refractivity contribution in [2.24, 2.45) is 35.5 Å². The summed E-state index contributed by atoms with van der Waals surface area (Å²) in [6.07, 6.45) is 12.5. The van der Waals surface area contributed by atoms with Gasteiger partial charge in [0.05, 0.1) is 48.3 Å². The average Bonchev–Trinajstić information content (AvgIpc) is 0.801. The van der Waals surface area contributed by atoms with Gasteiger partial charge in [0.1, 0.15) is 46.6 Å². The number of benzene rings is 7. The molecule has 0 aromatic heterocycles. The zero-order valence-corrected chi connectivity index (χ0v) is 54.9. The van der Waals surface area contributed by atoms with Crippen LogP contribution in [0.5, 0.6) is 28.7 Å². The van der Waals surface area contributed by atoms with Crippen LogP contribution in [-0.2, 0) is 40.9 Å². The van der Waals surface area contributed by atoms with Crippen molar-refractivity contribution in [3.05, 3.63) is 221 Å². The number of hydrogen-bond acceptors (Lipinski definition) is 14. The van der Waals surface area contributed by atoms with Crippen LogP contribution in [0.3, 0.4) is 0 Å². The number of ether oxygens (including phenoxy) is 6. The second kappa shape index (κ2) is 36.3. The van der Waals surface area contributed by atoms with Crippen LogP contribution in [0, 0.1) is 35.5 Å². The number of aliphatic hydroxyl groups excluding tert-OH is 3. The highest BCUT2D eigenvalue weighted by Crippen LogP contribution is 2.50. The number of fused-ring (bicyclic) bond motifs is 1. The standard InChI is InChI=1S/C29H33O6P.C29H34O4.C8H16O2.C7H6ClO2P/c1-32-27-16-12-25(13-17-27)29(24-6-4-3-5-7-24,26-14-18-28(33-2)19-15-26)34-20-22-8-10-23(11-9-22)21-35-36(30)31;1-31-27-16-12-25(13-17-27)29(24-6-4-3-5-7-24,26-14-18-28(32-2)19-15-26)33-21-23-10-8-22(20-30)9-11-23;9-5-7-1-2-8(6-10)4-3-7;8-11-9-5-6-3-1-2-4-7(6)10-11/h3-7,12-19,22-23H,8-11,20-21H2,1-2H3;3-7,12-19,22-23,30H,8-11,20-21H2,1-2H3;7-10H,1-6H2;1-4H,5H2. The summed E-state index contributed by atoms with van der Waals surface area (Å²) in [5.41, 5.74) is 5.77. The minimum Gasteiger partial charge on any atom is -0.566 e. The van der Waals surface area contributed by atoms with E-state index in [0.29, 0.717) is 69.2 Å². The molecule has 7 aromatic carbocycles. The highest BCUT2D eigenvalue weighted by atomic mass is 35.7. The molecule has 2 atom stereocenters. The Bertz CT molecular complexity index is 3030. The lowest BCUT2D eigenvalue weighted by Gasteiger charge is -2.38. The lowest BCUT2D eigenvalue weighted by molar-refractivity contribution is -0.186. The molecule has 0 spiro atoms. The van der Waals surface area contributed by atoms with Gasteiger partial charge < -0.3 is 57.7 Å². The Morgan fingerprint density at radius 2 is 0.722 bits per heavy atom. The predicted octanol–water partition coefficient (Wildman–Crippen LogP) is 15.5. The lowest BCUT2D eigenvalue weighted by atomic mass is 9.79. The van der Waals surface area contributed by atoms with Gasteiger partial charge in [-0.15, -0.1) is 4.52 Å². The first-order valence-electron chi connectivity index (χ1n) is 31.4. The van der Waals surface area contributed by atoms with E-state index in [1.807, 2.05) is 97.1 Å². The van der Waals surface area contributed by atoms with E-state index < -0.39 is 27.2 Å². The van der Waals surface area contributed by atoms with Crippen LogP contribution in [0.4, 0.5) is 0 Å². The summed E-state index contributed by atoms with van der Waals surface area (Å²) in [6.45, 7) is 3.03. The SMILES string of the molecule is COc1ccc(C(OCC2CCC(CO)CC2)(c2ccccc2)c2ccc(OC)cc2)cc1.COc1ccc(C(OCC2CCC(CO[P+](=O)[O-])CC2)(c2ccccc2)c2ccc(OC)cc2)cc1.ClP1OCc2ccccc2O1.OCC1CCC(CO)CC1. The van der Waals surface area contributed by atoms with Crippen molar-refractivity contribution in [1.29, 1.82) is 0 Å². The number of rotatable bonds is 22. The maximum atomic E-state index is 10.8. The van der Waals surface area contributed by atoms with Gasteiger partial charge in [-0.25, -0.2) is 0 Å². The highest BCUT2D eigenvalue weighted by Gasteiger charge is 2.41. The largest absolute Gasteiger partial charge is 0.566 e. The summed E-state index contributed by atoms with van der Waals surface area (Å²) >= 11 is 5.66. The molecule has 1 heterocycles. The van der Waals surface area contributed by atoms with Crippen LogP contribution < -0.4 is 28.4 Å². The van der Waals surface area contributed by atoms with Crippen molar-refractivity contribution in [3.8, 4) is 28.7 Å². The van der Waals surface area contributed by atoms with E-state index in [-0.39, 0.29) is 12.5 Å². The van der Waals surface area contributed by atoms with E-state index in [2.05, 4.69) is 84.9 Å². The van der Waals surface area contributed by atoms with Crippen LogP contribution in [0.15, 0.2) is 182 Å². The van der Waals surface area contributed by atoms with Gasteiger partial charge in [-0.05, 0) is 216 Å². The van der Waals surface area contributed by atoms with E-state index in [0.717, 1.165) is 145 Å². The number of hydrogen-bond donors (Lipinski definition) is 3. The van der Waals surface area contributed by atoms with Gasteiger partial charge in [0.2, 0.25) is 0 Å². The molecule has 3 fully saturated rings. The minimum absolute atomic E-state index is 0.274. The monoisotopic (exact) mass is 1290 g/mol. The fraction of sp³-hybridized carbons (Fsp3) is 0.425. The molecular formula is C73H89ClO14P2. The molecule has 482 valence electrons. The number of halogens is 1. The second-order valence-electron chi connectivity index (χ2n) is 23.5. The maximum Gasteiger partial charge on any atom is 0.488 e. The predicted molar refractivity (Wildman–Crippen MR) is 352 cm³/mol. The van der Waals surface area contributed by atoms with Crippen LogP contribution in [0.25, 0.3) is 0 Å². The third kappa shape index (κ3) is 19.3. The van der Waals surface area contributed by atoms with Gasteiger partial charge in [0, 0.05) is 25.4 Å². The minimum atomic E-state index is -2.79. The highest BCUT2D eigenvalue weighted by molar-refractivity contribution is 7.76. The van der Waals surface area contributed by atoms with E-state index in [9.17, 15) is 14.6 Å². The van der Waals surface area contributed by atoms with Crippen LogP contribution >= 0.6 is 27.2 Å². The van der Waals surface area contributed by atoms with Gasteiger partial charge in [0.25, 0.3) is 0 Å². The third-order valence-corrected chi connectivity index (χ3v) is 19.5. The molecule has 0 radical (unpaired) electrons. The van der Waals surface area contributed by atoms with Crippen molar-refractivity contribution in [2.45, 2.75) is 94.9 Å². The van der Waals surface area contributed by atoms with Crippen molar-refractivity contribution in [2.75, 3.05) is 68.1 Å². The third-order valence-electron chi connectivity index (χ3n) is 18.0. The van der Waals surface area contributed by atoms with Gasteiger partial charge >= 0.3 is 16.0 Å². The maximum absolute atomic E-state index is 10.8. The fourth-order valence-electron chi connectivity index (χ4n) is 12.5. The molecular weight excluding hydrogens is 1200 g/mol. The Morgan fingerprint density at radius 1 is 0.433 bits per heavy atom. The molecule has 0 bridgehead atoms. The molecule has 0 amide bonds. The Morgan fingerprint density at radius 3 is 1.03 bits per heavy atom. The van der Waals surface area contributed by atoms with Crippen molar-refractivity contribution >= 4 is 27.2 Å². The molecule has 0 saturated heterocycles. The molecule has 14 nitrogen and oxygen atoms in total. The van der Waals surface area contributed by atoms with Crippen LogP contribution in [0.1, 0.15) is 116 Å². The quantitative estimate of drug-likeness (QED) is 0.0430. The second-order valence-corrected chi connectivity index (χ2v) is 25.9. The Hall–Kier alpha value is -5.96. The molecule has 90 heavy (non-hydrogen) atoms. The van der Waals surface area contributed by atoms with Gasteiger partial charge in [-0.3, -0.25) is 0 Å². The molecule has 17 heteroatoms. The molecule has 11 rings (SSSR count). The van der Waals surface area contributed by atoms with E-state index in [1.54, 1.807) is 28.4 Å². The first kappa shape index (κ1) is 69.9. The number of methoxy groups -OCH3 is 4. The van der Waals surface area contributed by atoms with Crippen LogP contribution in [-0.4, -0.2) is 83.4 Å². The lowest BCUT2D eigenvalue weighted by Crippen LogP contribution is -2.35. The zero-order valence-electron chi connectivity index (χ0n) is 52.3. The Balaban J connectivity index is 0.000000176. The fourth-order valence-corrected chi connectivity index (χ4v) is 13.8. The number of para-hydroxylation sites is 1.